The average Bonchev–Trinajstić information content (AvgIpc) is 2.92. The second-order valence-corrected chi connectivity index (χ2v) is 5.89. The number of fused-ring (bicyclic) bond motifs is 1. The van der Waals surface area contributed by atoms with Crippen LogP contribution in [0.4, 0.5) is 16.3 Å². The summed E-state index contributed by atoms with van der Waals surface area (Å²) in [7, 11) is 1.86. The molecule has 4 N–H and O–H groups in total. The van der Waals surface area contributed by atoms with E-state index in [2.05, 4.69) is 25.9 Å². The Balaban J connectivity index is 1.97. The molecule has 24 heavy (non-hydrogen) atoms. The number of amides is 2. The minimum atomic E-state index is -0.324. The van der Waals surface area contributed by atoms with Crippen molar-refractivity contribution in [2.45, 2.75) is 19.9 Å². The van der Waals surface area contributed by atoms with Gasteiger partial charge in [-0.1, -0.05) is 0 Å². The first-order valence-corrected chi connectivity index (χ1v) is 7.56. The van der Waals surface area contributed by atoms with Gasteiger partial charge in [0.2, 0.25) is 0 Å². The van der Waals surface area contributed by atoms with Crippen molar-refractivity contribution in [2.24, 2.45) is 7.05 Å². The molecule has 8 heteroatoms. The summed E-state index contributed by atoms with van der Waals surface area (Å²) in [6, 6.07) is 5.25. The molecule has 0 unspecified atom stereocenters. The van der Waals surface area contributed by atoms with Gasteiger partial charge in [0.15, 0.2) is 5.82 Å². The second kappa shape index (κ2) is 6.15. The number of aryl methyl sites for hydroxylation is 1. The van der Waals surface area contributed by atoms with Gasteiger partial charge in [-0.25, -0.2) is 4.79 Å². The van der Waals surface area contributed by atoms with Crippen LogP contribution in [0.2, 0.25) is 0 Å². The lowest BCUT2D eigenvalue weighted by Gasteiger charge is -2.10. The molecule has 0 saturated carbocycles. The molecule has 0 radical (unpaired) electrons. The van der Waals surface area contributed by atoms with Crippen LogP contribution < -0.4 is 16.4 Å². The molecule has 0 saturated heterocycles. The van der Waals surface area contributed by atoms with Gasteiger partial charge < -0.3 is 11.1 Å². The van der Waals surface area contributed by atoms with E-state index in [9.17, 15) is 4.79 Å². The summed E-state index contributed by atoms with van der Waals surface area (Å²) in [4.78, 5) is 11.8. The quantitative estimate of drug-likeness (QED) is 0.639. The van der Waals surface area contributed by atoms with Crippen molar-refractivity contribution in [3.05, 3.63) is 30.6 Å². The fraction of sp³-hybridized carbons (Fsp3) is 0.250. The molecule has 0 fully saturated rings. The zero-order valence-electron chi connectivity index (χ0n) is 13.7. The van der Waals surface area contributed by atoms with Crippen molar-refractivity contribution < 1.29 is 4.79 Å². The molecule has 0 atom stereocenters. The second-order valence-electron chi connectivity index (χ2n) is 5.89. The summed E-state index contributed by atoms with van der Waals surface area (Å²) < 4.78 is 1.73. The van der Waals surface area contributed by atoms with E-state index in [0.717, 1.165) is 16.5 Å². The van der Waals surface area contributed by atoms with Crippen molar-refractivity contribution in [3.8, 4) is 11.1 Å². The number of rotatable bonds is 3. The molecule has 2 heterocycles. The molecule has 0 bridgehead atoms. The molecule has 0 aliphatic heterocycles. The van der Waals surface area contributed by atoms with E-state index in [1.54, 1.807) is 16.9 Å². The average molecular weight is 325 g/mol. The standard InChI is InChI=1S/C16H19N7O/c1-9(2)19-16(24)20-14-6-11-4-10(12-7-18-23(3)8-12)5-13(17)15(11)22-21-14/h4-9H,17H2,1-3H3,(H2,19,20,21,24). The lowest BCUT2D eigenvalue weighted by molar-refractivity contribution is 0.250. The van der Waals surface area contributed by atoms with Gasteiger partial charge in [-0.3, -0.25) is 10.00 Å². The van der Waals surface area contributed by atoms with Crippen molar-refractivity contribution in [2.75, 3.05) is 11.1 Å². The third-order valence-electron chi connectivity index (χ3n) is 3.42. The van der Waals surface area contributed by atoms with Crippen molar-refractivity contribution in [1.29, 1.82) is 0 Å². The SMILES string of the molecule is CC(C)NC(=O)Nc1cc2cc(-c3cnn(C)c3)cc(N)c2nn1. The van der Waals surface area contributed by atoms with E-state index in [1.165, 1.54) is 0 Å². The van der Waals surface area contributed by atoms with Gasteiger partial charge in [0.25, 0.3) is 0 Å². The summed E-state index contributed by atoms with van der Waals surface area (Å²) in [5, 5.41) is 18.5. The number of aromatic nitrogens is 4. The lowest BCUT2D eigenvalue weighted by atomic mass is 10.1. The Bertz CT molecular complexity index is 901. The summed E-state index contributed by atoms with van der Waals surface area (Å²) in [6.07, 6.45) is 3.68. The number of carbonyl (C=O) groups is 1. The Morgan fingerprint density at radius 3 is 2.67 bits per heavy atom. The minimum absolute atomic E-state index is 0.0336. The van der Waals surface area contributed by atoms with E-state index in [0.29, 0.717) is 17.0 Å². The number of nitrogens with zero attached hydrogens (tertiary/aromatic N) is 4. The molecule has 0 aliphatic rings. The first-order chi connectivity index (χ1) is 11.4. The monoisotopic (exact) mass is 325 g/mol. The van der Waals surface area contributed by atoms with E-state index < -0.39 is 0 Å². The number of hydrogen-bond donors (Lipinski definition) is 3. The highest BCUT2D eigenvalue weighted by Crippen LogP contribution is 2.28. The van der Waals surface area contributed by atoms with E-state index in [4.69, 9.17) is 5.73 Å². The minimum Gasteiger partial charge on any atom is -0.397 e. The summed E-state index contributed by atoms with van der Waals surface area (Å²) in [6.45, 7) is 3.76. The Labute approximate surface area is 139 Å². The lowest BCUT2D eigenvalue weighted by Crippen LogP contribution is -2.34. The normalized spacial score (nSPS) is 11.0. The molecule has 2 amide bonds. The number of carbonyl (C=O) groups excluding carboxylic acids is 1. The number of urea groups is 1. The molecule has 2 aromatic heterocycles. The van der Waals surface area contributed by atoms with Crippen molar-refractivity contribution in [3.63, 3.8) is 0 Å². The highest BCUT2D eigenvalue weighted by Gasteiger charge is 2.10. The van der Waals surface area contributed by atoms with Crippen LogP contribution in [0.15, 0.2) is 30.6 Å². The van der Waals surface area contributed by atoms with Gasteiger partial charge in [-0.15, -0.1) is 10.2 Å². The molecule has 0 aliphatic carbocycles. The molecule has 3 rings (SSSR count). The van der Waals surface area contributed by atoms with Crippen LogP contribution in [0, 0.1) is 0 Å². The third-order valence-corrected chi connectivity index (χ3v) is 3.42. The van der Waals surface area contributed by atoms with Gasteiger partial charge in [-0.2, -0.15) is 5.10 Å². The van der Waals surface area contributed by atoms with Crippen molar-refractivity contribution in [1.82, 2.24) is 25.3 Å². The molecule has 8 nitrogen and oxygen atoms in total. The summed E-state index contributed by atoms with van der Waals surface area (Å²) in [5.41, 5.74) is 9.09. The van der Waals surface area contributed by atoms with Gasteiger partial charge in [0.05, 0.1) is 11.9 Å². The van der Waals surface area contributed by atoms with E-state index >= 15 is 0 Å². The van der Waals surface area contributed by atoms with Gasteiger partial charge in [0.1, 0.15) is 5.52 Å². The first-order valence-electron chi connectivity index (χ1n) is 7.56. The topological polar surface area (TPSA) is 111 Å². The fourth-order valence-corrected chi connectivity index (χ4v) is 2.40. The third kappa shape index (κ3) is 3.27. The predicted octanol–water partition coefficient (Wildman–Crippen LogP) is 2.14. The van der Waals surface area contributed by atoms with Crippen molar-refractivity contribution >= 4 is 28.4 Å². The van der Waals surface area contributed by atoms with Gasteiger partial charge in [-0.05, 0) is 37.6 Å². The Hall–Kier alpha value is -3.16. The smallest absolute Gasteiger partial charge is 0.320 e. The zero-order chi connectivity index (χ0) is 17.3. The molecular weight excluding hydrogens is 306 g/mol. The molecule has 124 valence electrons. The van der Waals surface area contributed by atoms with Crippen LogP contribution in [0.25, 0.3) is 22.0 Å². The van der Waals surface area contributed by atoms with Crippen LogP contribution in [0.1, 0.15) is 13.8 Å². The zero-order valence-corrected chi connectivity index (χ0v) is 13.7. The van der Waals surface area contributed by atoms with Gasteiger partial charge in [0, 0.05) is 30.2 Å². The first kappa shape index (κ1) is 15.7. The predicted molar refractivity (Wildman–Crippen MR) is 93.4 cm³/mol. The molecular formula is C16H19N7O. The number of nitrogen functional groups attached to an aromatic ring is 1. The number of hydrogen-bond acceptors (Lipinski definition) is 5. The number of nitrogens with one attached hydrogen (secondary N) is 2. The maximum Gasteiger partial charge on any atom is 0.320 e. The summed E-state index contributed by atoms with van der Waals surface area (Å²) in [5.74, 6) is 0.364. The largest absolute Gasteiger partial charge is 0.397 e. The van der Waals surface area contributed by atoms with Crippen LogP contribution in [0.3, 0.4) is 0 Å². The Morgan fingerprint density at radius 2 is 2.00 bits per heavy atom. The van der Waals surface area contributed by atoms with Crippen LogP contribution in [0.5, 0.6) is 0 Å². The van der Waals surface area contributed by atoms with Crippen LogP contribution in [-0.2, 0) is 7.05 Å². The number of nitrogens with two attached hydrogens (primary N) is 1. The molecule has 3 aromatic rings. The van der Waals surface area contributed by atoms with Crippen LogP contribution >= 0.6 is 0 Å². The number of anilines is 2. The van der Waals surface area contributed by atoms with E-state index in [1.807, 2.05) is 39.2 Å². The fourth-order valence-electron chi connectivity index (χ4n) is 2.40. The van der Waals surface area contributed by atoms with Gasteiger partial charge >= 0.3 is 6.03 Å². The number of benzene rings is 1. The summed E-state index contributed by atoms with van der Waals surface area (Å²) >= 11 is 0. The maximum absolute atomic E-state index is 11.8. The van der Waals surface area contributed by atoms with E-state index in [-0.39, 0.29) is 12.1 Å². The Morgan fingerprint density at radius 1 is 1.21 bits per heavy atom. The van der Waals surface area contributed by atoms with Crippen LogP contribution in [-0.4, -0.2) is 32.1 Å². The Kier molecular flexibility index (Phi) is 4.03. The molecule has 0 spiro atoms. The highest BCUT2D eigenvalue weighted by atomic mass is 16.2. The molecule has 1 aromatic carbocycles. The maximum atomic E-state index is 11.8. The highest BCUT2D eigenvalue weighted by molar-refractivity contribution is 5.96.